The summed E-state index contributed by atoms with van der Waals surface area (Å²) < 4.78 is 0. The number of nitro groups is 2. The molecule has 0 aromatic heterocycles. The molecule has 0 bridgehead atoms. The molecule has 0 aromatic carbocycles. The summed E-state index contributed by atoms with van der Waals surface area (Å²) in [6.07, 6.45) is 0. The summed E-state index contributed by atoms with van der Waals surface area (Å²) in [6, 6.07) is 0. The quantitative estimate of drug-likeness (QED) is 0.228. The Morgan fingerprint density at radius 3 is 1.91 bits per heavy atom. The summed E-state index contributed by atoms with van der Waals surface area (Å²) in [5.74, 6) is -0.903. The first kappa shape index (κ1) is 9.07. The standard InChI is InChI=1S/C2H5N5O4/c1-4-2(3)5(6(8)9)7(10)11/h1H3,(H2,3,4). The molecule has 0 saturated carbocycles. The highest BCUT2D eigenvalue weighted by Gasteiger charge is 2.32. The van der Waals surface area contributed by atoms with Crippen LogP contribution in [-0.2, 0) is 0 Å². The number of hydrogen-bond donors (Lipinski definition) is 2. The molecule has 0 aliphatic heterocycles. The van der Waals surface area contributed by atoms with Crippen molar-refractivity contribution < 1.29 is 10.1 Å². The van der Waals surface area contributed by atoms with E-state index in [4.69, 9.17) is 5.41 Å². The minimum Gasteiger partial charge on any atom is -0.349 e. The lowest BCUT2D eigenvalue weighted by molar-refractivity contribution is -0.881. The van der Waals surface area contributed by atoms with Crippen LogP contribution in [0.3, 0.4) is 0 Å². The van der Waals surface area contributed by atoms with Crippen LogP contribution in [0.25, 0.3) is 0 Å². The highest BCUT2D eigenvalue weighted by Crippen LogP contribution is 1.86. The highest BCUT2D eigenvalue weighted by molar-refractivity contribution is 5.73. The second kappa shape index (κ2) is 3.29. The van der Waals surface area contributed by atoms with E-state index >= 15 is 0 Å². The Labute approximate surface area is 60.3 Å². The van der Waals surface area contributed by atoms with Gasteiger partial charge in [-0.15, -0.1) is 0 Å². The van der Waals surface area contributed by atoms with Gasteiger partial charge in [0.15, 0.2) is 0 Å². The zero-order valence-electron chi connectivity index (χ0n) is 5.47. The van der Waals surface area contributed by atoms with Crippen LogP contribution in [0, 0.1) is 25.6 Å². The van der Waals surface area contributed by atoms with Crippen LogP contribution in [0.1, 0.15) is 0 Å². The molecule has 0 radical (unpaired) electrons. The predicted molar refractivity (Wildman–Crippen MR) is 32.6 cm³/mol. The molecule has 0 saturated heterocycles. The molecule has 62 valence electrons. The van der Waals surface area contributed by atoms with Gasteiger partial charge < -0.3 is 5.32 Å². The lowest BCUT2D eigenvalue weighted by atomic mass is 10.9. The fourth-order valence-electron chi connectivity index (χ4n) is 0.323. The molecule has 9 nitrogen and oxygen atoms in total. The number of hydrazine groups is 2. The van der Waals surface area contributed by atoms with Gasteiger partial charge in [0, 0.05) is 7.05 Å². The molecule has 0 aliphatic carbocycles. The zero-order chi connectivity index (χ0) is 9.02. The van der Waals surface area contributed by atoms with E-state index in [9.17, 15) is 20.2 Å². The summed E-state index contributed by atoms with van der Waals surface area (Å²) in [7, 11) is 1.17. The van der Waals surface area contributed by atoms with Crippen molar-refractivity contribution in [1.29, 1.82) is 5.41 Å². The van der Waals surface area contributed by atoms with Gasteiger partial charge in [0.05, 0.1) is 0 Å². The number of nitrogens with zero attached hydrogens (tertiary/aromatic N) is 3. The van der Waals surface area contributed by atoms with Crippen molar-refractivity contribution in [3.05, 3.63) is 20.2 Å². The summed E-state index contributed by atoms with van der Waals surface area (Å²) in [6.45, 7) is 0. The maximum Gasteiger partial charge on any atom is 0.332 e. The monoisotopic (exact) mass is 163 g/mol. The fourth-order valence-corrected chi connectivity index (χ4v) is 0.323. The number of guanidine groups is 1. The maximum absolute atomic E-state index is 9.85. The molecule has 2 N–H and O–H groups in total. The first-order valence-electron chi connectivity index (χ1n) is 2.35. The van der Waals surface area contributed by atoms with E-state index in [-0.39, 0.29) is 0 Å². The Kier molecular flexibility index (Phi) is 2.71. The Balaban J connectivity index is 4.47. The Morgan fingerprint density at radius 2 is 1.82 bits per heavy atom. The number of hydrogen-bond acceptors (Lipinski definition) is 5. The molecule has 0 rings (SSSR count). The molecule has 0 unspecified atom stereocenters. The molecule has 0 fully saturated rings. The lowest BCUT2D eigenvalue weighted by Crippen LogP contribution is -2.46. The smallest absolute Gasteiger partial charge is 0.332 e. The van der Waals surface area contributed by atoms with Gasteiger partial charge in [-0.2, -0.15) is 0 Å². The van der Waals surface area contributed by atoms with Crippen molar-refractivity contribution >= 4 is 5.96 Å². The molecule has 0 aromatic rings. The SMILES string of the molecule is CNC(=N)N([N+](=O)[O-])[N+](=O)[O-]. The number of rotatable bonds is 2. The van der Waals surface area contributed by atoms with Gasteiger partial charge in [-0.1, -0.05) is 0 Å². The van der Waals surface area contributed by atoms with Crippen molar-refractivity contribution in [2.24, 2.45) is 0 Å². The van der Waals surface area contributed by atoms with Gasteiger partial charge in [-0.3, -0.25) is 5.41 Å². The van der Waals surface area contributed by atoms with Crippen molar-refractivity contribution in [2.75, 3.05) is 7.05 Å². The number of nitrogens with one attached hydrogen (secondary N) is 2. The van der Waals surface area contributed by atoms with Gasteiger partial charge in [-0.05, 0) is 0 Å². The first-order valence-corrected chi connectivity index (χ1v) is 2.35. The summed E-state index contributed by atoms with van der Waals surface area (Å²) >= 11 is 0. The van der Waals surface area contributed by atoms with Crippen molar-refractivity contribution in [1.82, 2.24) is 10.4 Å². The molecular weight excluding hydrogens is 158 g/mol. The fraction of sp³-hybridized carbons (Fsp3) is 0.500. The van der Waals surface area contributed by atoms with Gasteiger partial charge in [0.1, 0.15) is 0 Å². The van der Waals surface area contributed by atoms with E-state index < -0.39 is 21.1 Å². The molecule has 11 heavy (non-hydrogen) atoms. The van der Waals surface area contributed by atoms with E-state index in [1.165, 1.54) is 7.05 Å². The van der Waals surface area contributed by atoms with Crippen molar-refractivity contribution in [3.8, 4) is 0 Å². The lowest BCUT2D eigenvalue weighted by Gasteiger charge is -2.01. The third-order valence-corrected chi connectivity index (χ3v) is 0.746. The van der Waals surface area contributed by atoms with Crippen LogP contribution >= 0.6 is 0 Å². The van der Waals surface area contributed by atoms with Crippen LogP contribution in [0.5, 0.6) is 0 Å². The minimum atomic E-state index is -1.31. The average molecular weight is 163 g/mol. The van der Waals surface area contributed by atoms with Crippen LogP contribution in [0.15, 0.2) is 0 Å². The predicted octanol–water partition coefficient (Wildman–Crippen LogP) is -1.17. The van der Waals surface area contributed by atoms with Gasteiger partial charge in [-0.25, -0.2) is 20.2 Å². The minimum absolute atomic E-state index is 0.528. The van der Waals surface area contributed by atoms with Crippen molar-refractivity contribution in [2.45, 2.75) is 0 Å². The van der Waals surface area contributed by atoms with Crippen LogP contribution in [0.2, 0.25) is 0 Å². The first-order chi connectivity index (χ1) is 5.00. The van der Waals surface area contributed by atoms with Crippen molar-refractivity contribution in [3.63, 3.8) is 0 Å². The Hall–Kier alpha value is -1.93. The zero-order valence-corrected chi connectivity index (χ0v) is 5.47. The van der Waals surface area contributed by atoms with Crippen LogP contribution < -0.4 is 5.32 Å². The molecular formula is C2H5N5O4. The summed E-state index contributed by atoms with van der Waals surface area (Å²) in [5, 5.41) is 25.2. The molecule has 0 aliphatic rings. The van der Waals surface area contributed by atoms with E-state index in [1.807, 2.05) is 5.32 Å². The Morgan fingerprint density at radius 1 is 1.45 bits per heavy atom. The normalized spacial score (nSPS) is 8.45. The second-order valence-corrected chi connectivity index (χ2v) is 1.36. The average Bonchev–Trinajstić information content (AvgIpc) is 1.85. The van der Waals surface area contributed by atoms with E-state index in [0.29, 0.717) is 0 Å². The van der Waals surface area contributed by atoms with E-state index in [0.717, 1.165) is 0 Å². The topological polar surface area (TPSA) is 125 Å². The molecule has 0 heterocycles. The molecule has 0 spiro atoms. The summed E-state index contributed by atoms with van der Waals surface area (Å²) in [5.41, 5.74) is 0. The highest BCUT2D eigenvalue weighted by atomic mass is 16.8. The third kappa shape index (κ3) is 2.04. The van der Waals surface area contributed by atoms with Gasteiger partial charge in [0.2, 0.25) is 15.2 Å². The van der Waals surface area contributed by atoms with Crippen LogP contribution in [0.4, 0.5) is 0 Å². The van der Waals surface area contributed by atoms with E-state index in [2.05, 4.69) is 0 Å². The second-order valence-electron chi connectivity index (χ2n) is 1.36. The van der Waals surface area contributed by atoms with Gasteiger partial charge in [0.25, 0.3) is 0 Å². The van der Waals surface area contributed by atoms with Gasteiger partial charge >= 0.3 is 5.96 Å². The molecule has 0 atom stereocenters. The largest absolute Gasteiger partial charge is 0.349 e. The molecule has 9 heteroatoms. The molecule has 0 amide bonds. The maximum atomic E-state index is 9.85. The van der Waals surface area contributed by atoms with Crippen LogP contribution in [-0.4, -0.2) is 28.2 Å². The third-order valence-electron chi connectivity index (χ3n) is 0.746. The Bertz CT molecular complexity index is 187. The summed E-state index contributed by atoms with van der Waals surface area (Å²) in [4.78, 5) is 19.7. The van der Waals surface area contributed by atoms with E-state index in [1.54, 1.807) is 0 Å².